The molecule has 128 valence electrons. The molecule has 1 saturated carbocycles. The van der Waals surface area contributed by atoms with Crippen LogP contribution in [0, 0.1) is 12.8 Å². The Morgan fingerprint density at radius 1 is 1.38 bits per heavy atom. The smallest absolute Gasteiger partial charge is 0.273 e. The van der Waals surface area contributed by atoms with Gasteiger partial charge in [0.1, 0.15) is 5.69 Å². The normalized spacial score (nSPS) is 19.0. The molecule has 1 aliphatic heterocycles. The first kappa shape index (κ1) is 15.8. The van der Waals surface area contributed by atoms with E-state index in [0.717, 1.165) is 54.0 Å². The molecule has 1 amide bonds. The van der Waals surface area contributed by atoms with Crippen molar-refractivity contribution in [1.29, 1.82) is 0 Å². The van der Waals surface area contributed by atoms with Crippen LogP contribution < -0.4 is 5.32 Å². The Morgan fingerprint density at radius 2 is 2.17 bits per heavy atom. The number of hydrogen-bond acceptors (Lipinski definition) is 5. The van der Waals surface area contributed by atoms with Crippen LogP contribution in [0.15, 0.2) is 22.8 Å². The number of aryl methyl sites for hydroxylation is 1. The topological polar surface area (TPSA) is 58.4 Å². The lowest BCUT2D eigenvalue weighted by Crippen LogP contribution is -2.45. The van der Waals surface area contributed by atoms with Crippen molar-refractivity contribution >= 4 is 17.2 Å². The third kappa shape index (κ3) is 3.39. The number of likely N-dealkylation sites (tertiary alicyclic amines) is 1. The van der Waals surface area contributed by atoms with E-state index in [1.54, 1.807) is 6.26 Å². The highest BCUT2D eigenvalue weighted by Crippen LogP contribution is 2.30. The molecule has 2 aromatic heterocycles. The number of furan rings is 1. The first-order valence-corrected chi connectivity index (χ1v) is 9.56. The summed E-state index contributed by atoms with van der Waals surface area (Å²) in [4.78, 5) is 20.2. The first-order valence-electron chi connectivity index (χ1n) is 8.74. The van der Waals surface area contributed by atoms with Gasteiger partial charge < -0.3 is 14.6 Å². The summed E-state index contributed by atoms with van der Waals surface area (Å²) >= 11 is 1.52. The number of nitrogens with zero attached hydrogens (tertiary/aromatic N) is 2. The van der Waals surface area contributed by atoms with Crippen LogP contribution in [0.25, 0.3) is 10.8 Å². The molecule has 1 N–H and O–H groups in total. The van der Waals surface area contributed by atoms with Gasteiger partial charge >= 0.3 is 0 Å². The molecule has 24 heavy (non-hydrogen) atoms. The summed E-state index contributed by atoms with van der Waals surface area (Å²) in [6.07, 6.45) is 6.46. The van der Waals surface area contributed by atoms with Gasteiger partial charge in [0.2, 0.25) is 0 Å². The predicted molar refractivity (Wildman–Crippen MR) is 94.2 cm³/mol. The van der Waals surface area contributed by atoms with Crippen molar-refractivity contribution in [1.82, 2.24) is 15.2 Å². The molecule has 5 nitrogen and oxygen atoms in total. The minimum Gasteiger partial charge on any atom is -0.462 e. The summed E-state index contributed by atoms with van der Waals surface area (Å²) in [6, 6.07) is 4.28. The fourth-order valence-corrected chi connectivity index (χ4v) is 4.07. The van der Waals surface area contributed by atoms with E-state index >= 15 is 0 Å². The molecule has 0 spiro atoms. The fraction of sp³-hybridized carbons (Fsp3) is 0.556. The van der Waals surface area contributed by atoms with E-state index in [1.165, 1.54) is 24.2 Å². The molecule has 1 aliphatic carbocycles. The Balaban J connectivity index is 1.37. The van der Waals surface area contributed by atoms with Gasteiger partial charge in [0.25, 0.3) is 5.91 Å². The Morgan fingerprint density at radius 3 is 2.83 bits per heavy atom. The molecule has 4 rings (SSSR count). The summed E-state index contributed by atoms with van der Waals surface area (Å²) in [7, 11) is 0. The molecular formula is C18H23N3O2S. The minimum atomic E-state index is 0.0576. The zero-order valence-corrected chi connectivity index (χ0v) is 14.8. The van der Waals surface area contributed by atoms with Crippen LogP contribution in [0.4, 0.5) is 0 Å². The number of nitrogens with one attached hydrogen (secondary N) is 1. The molecule has 3 heterocycles. The highest BCUT2D eigenvalue weighted by Gasteiger charge is 2.28. The quantitative estimate of drug-likeness (QED) is 0.903. The van der Waals surface area contributed by atoms with Gasteiger partial charge in [-0.25, -0.2) is 4.98 Å². The average Bonchev–Trinajstić information content (AvgIpc) is 3.10. The van der Waals surface area contributed by atoms with Crippen LogP contribution in [-0.4, -0.2) is 41.5 Å². The lowest BCUT2D eigenvalue weighted by molar-refractivity contribution is 0.0699. The Hall–Kier alpha value is -1.66. The average molecular weight is 345 g/mol. The summed E-state index contributed by atoms with van der Waals surface area (Å²) < 4.78 is 5.39. The van der Waals surface area contributed by atoms with Crippen molar-refractivity contribution in [3.05, 3.63) is 29.0 Å². The van der Waals surface area contributed by atoms with Gasteiger partial charge in [-0.3, -0.25) is 4.79 Å². The molecule has 0 radical (unpaired) electrons. The Bertz CT molecular complexity index is 698. The largest absolute Gasteiger partial charge is 0.462 e. The van der Waals surface area contributed by atoms with E-state index < -0.39 is 0 Å². The number of piperidine rings is 1. The van der Waals surface area contributed by atoms with Gasteiger partial charge in [0, 0.05) is 24.0 Å². The maximum atomic E-state index is 12.8. The van der Waals surface area contributed by atoms with E-state index in [2.05, 4.69) is 10.3 Å². The van der Waals surface area contributed by atoms with Gasteiger partial charge in [-0.05, 0) is 57.2 Å². The molecule has 0 aromatic carbocycles. The van der Waals surface area contributed by atoms with Gasteiger partial charge in [-0.2, -0.15) is 0 Å². The van der Waals surface area contributed by atoms with Crippen LogP contribution >= 0.6 is 11.3 Å². The molecule has 0 atom stereocenters. The van der Waals surface area contributed by atoms with Gasteiger partial charge in [-0.1, -0.05) is 0 Å². The number of thiazole rings is 1. The van der Waals surface area contributed by atoms with E-state index in [9.17, 15) is 4.79 Å². The predicted octanol–water partition coefficient (Wildman–Crippen LogP) is 3.32. The van der Waals surface area contributed by atoms with Gasteiger partial charge in [0.05, 0.1) is 6.26 Å². The van der Waals surface area contributed by atoms with Crippen molar-refractivity contribution in [3.8, 4) is 10.8 Å². The molecular weight excluding hydrogens is 322 g/mol. The van der Waals surface area contributed by atoms with Gasteiger partial charge in [0.15, 0.2) is 10.8 Å². The van der Waals surface area contributed by atoms with Crippen molar-refractivity contribution in [2.45, 2.75) is 38.6 Å². The molecule has 0 unspecified atom stereocenters. The minimum absolute atomic E-state index is 0.0576. The number of aromatic nitrogens is 1. The number of amides is 1. The Kier molecular flexibility index (Phi) is 4.41. The highest BCUT2D eigenvalue weighted by molar-refractivity contribution is 7.15. The lowest BCUT2D eigenvalue weighted by atomic mass is 10.0. The fourth-order valence-electron chi connectivity index (χ4n) is 3.19. The summed E-state index contributed by atoms with van der Waals surface area (Å²) in [5.41, 5.74) is 0.579. The summed E-state index contributed by atoms with van der Waals surface area (Å²) in [5, 5.41) is 4.43. The molecule has 2 fully saturated rings. The molecule has 1 saturated heterocycles. The SMILES string of the molecule is Cc1sc(-c2ccco2)nc1C(=O)N1CCC(NCC2CC2)CC1. The van der Waals surface area contributed by atoms with Crippen LogP contribution in [0.1, 0.15) is 41.0 Å². The third-order valence-corrected chi connectivity index (χ3v) is 5.89. The first-order chi connectivity index (χ1) is 11.7. The standard InChI is InChI=1S/C18H23N3O2S/c1-12-16(20-17(24-12)15-3-2-10-23-15)18(22)21-8-6-14(7-9-21)19-11-13-4-5-13/h2-3,10,13-14,19H,4-9,11H2,1H3. The van der Waals surface area contributed by atoms with E-state index in [4.69, 9.17) is 4.42 Å². The molecule has 0 bridgehead atoms. The van der Waals surface area contributed by atoms with Crippen LogP contribution in [0.2, 0.25) is 0 Å². The van der Waals surface area contributed by atoms with Crippen molar-refractivity contribution < 1.29 is 9.21 Å². The maximum Gasteiger partial charge on any atom is 0.273 e. The van der Waals surface area contributed by atoms with Crippen LogP contribution in [0.5, 0.6) is 0 Å². The zero-order valence-electron chi connectivity index (χ0n) is 14.0. The molecule has 2 aromatic rings. The highest BCUT2D eigenvalue weighted by atomic mass is 32.1. The lowest BCUT2D eigenvalue weighted by Gasteiger charge is -2.32. The van der Waals surface area contributed by atoms with Crippen molar-refractivity contribution in [2.24, 2.45) is 5.92 Å². The third-order valence-electron chi connectivity index (χ3n) is 4.91. The summed E-state index contributed by atoms with van der Waals surface area (Å²) in [6.45, 7) is 4.74. The second-order valence-electron chi connectivity index (χ2n) is 6.82. The number of carbonyl (C=O) groups is 1. The van der Waals surface area contributed by atoms with E-state index in [-0.39, 0.29) is 5.91 Å². The van der Waals surface area contributed by atoms with Gasteiger partial charge in [-0.15, -0.1) is 11.3 Å². The summed E-state index contributed by atoms with van der Waals surface area (Å²) in [5.74, 6) is 1.69. The zero-order chi connectivity index (χ0) is 16.5. The van der Waals surface area contributed by atoms with E-state index in [1.807, 2.05) is 24.0 Å². The van der Waals surface area contributed by atoms with Crippen molar-refractivity contribution in [3.63, 3.8) is 0 Å². The second-order valence-corrected chi connectivity index (χ2v) is 8.02. The van der Waals surface area contributed by atoms with E-state index in [0.29, 0.717) is 11.7 Å². The molecule has 2 aliphatic rings. The second kappa shape index (κ2) is 6.69. The number of rotatable bonds is 5. The van der Waals surface area contributed by atoms with Crippen molar-refractivity contribution in [2.75, 3.05) is 19.6 Å². The maximum absolute atomic E-state index is 12.8. The number of hydrogen-bond donors (Lipinski definition) is 1. The monoisotopic (exact) mass is 345 g/mol. The van der Waals surface area contributed by atoms with Crippen LogP contribution in [-0.2, 0) is 0 Å². The molecule has 6 heteroatoms. The number of carbonyl (C=O) groups excluding carboxylic acids is 1. The van der Waals surface area contributed by atoms with Crippen LogP contribution in [0.3, 0.4) is 0 Å². The Labute approximate surface area is 146 Å².